The van der Waals surface area contributed by atoms with Crippen LogP contribution in [0.1, 0.15) is 38.5 Å². The Morgan fingerprint density at radius 1 is 1.12 bits per heavy atom. The summed E-state index contributed by atoms with van der Waals surface area (Å²) >= 11 is 0. The number of rotatable bonds is 4. The van der Waals surface area contributed by atoms with E-state index in [-0.39, 0.29) is 0 Å². The van der Waals surface area contributed by atoms with Crippen LogP contribution >= 0.6 is 0 Å². The molecule has 5 heteroatoms. The molecule has 2 saturated heterocycles. The molecule has 136 valence electrons. The van der Waals surface area contributed by atoms with E-state index in [1.54, 1.807) is 0 Å². The Morgan fingerprint density at radius 3 is 2.60 bits per heavy atom. The minimum absolute atomic E-state index is 0.390. The van der Waals surface area contributed by atoms with Crippen molar-refractivity contribution >= 4 is 5.69 Å². The Hall–Kier alpha value is -1.33. The summed E-state index contributed by atoms with van der Waals surface area (Å²) in [7, 11) is 0. The predicted molar refractivity (Wildman–Crippen MR) is 99.2 cm³/mol. The molecule has 0 radical (unpaired) electrons. The normalized spacial score (nSPS) is 29.4. The highest BCUT2D eigenvalue weighted by molar-refractivity contribution is 5.55. The molecule has 4 fully saturated rings. The summed E-state index contributed by atoms with van der Waals surface area (Å²) in [6.45, 7) is 7.03. The molecule has 3 heterocycles. The quantitative estimate of drug-likeness (QED) is 0.909. The third-order valence-corrected chi connectivity index (χ3v) is 6.93. The first-order chi connectivity index (χ1) is 12.3. The number of nitrogens with one attached hydrogen (secondary N) is 1. The molecule has 0 bridgehead atoms. The second kappa shape index (κ2) is 6.44. The molecule has 0 aromatic carbocycles. The highest BCUT2D eigenvalue weighted by atomic mass is 16.5. The van der Waals surface area contributed by atoms with Gasteiger partial charge in [0.1, 0.15) is 6.10 Å². The second-order valence-corrected chi connectivity index (χ2v) is 8.52. The Balaban J connectivity index is 1.20. The van der Waals surface area contributed by atoms with Gasteiger partial charge >= 0.3 is 0 Å². The van der Waals surface area contributed by atoms with Gasteiger partial charge in [0, 0.05) is 51.5 Å². The average molecular weight is 342 g/mol. The fourth-order valence-electron chi connectivity index (χ4n) is 4.98. The van der Waals surface area contributed by atoms with Gasteiger partial charge in [0.2, 0.25) is 5.88 Å². The van der Waals surface area contributed by atoms with Crippen molar-refractivity contribution in [2.45, 2.75) is 50.7 Å². The molecule has 4 aliphatic rings. The van der Waals surface area contributed by atoms with Gasteiger partial charge in [-0.05, 0) is 56.1 Å². The molecule has 2 aliphatic heterocycles. The Morgan fingerprint density at radius 2 is 1.96 bits per heavy atom. The zero-order valence-electron chi connectivity index (χ0n) is 15.1. The summed E-state index contributed by atoms with van der Waals surface area (Å²) in [6.07, 6.45) is 10.1. The number of nitrogens with zero attached hydrogens (tertiary/aromatic N) is 3. The maximum atomic E-state index is 6.14. The van der Waals surface area contributed by atoms with Crippen molar-refractivity contribution in [1.82, 2.24) is 15.2 Å². The molecule has 2 aliphatic carbocycles. The van der Waals surface area contributed by atoms with E-state index in [0.29, 0.717) is 11.5 Å². The average Bonchev–Trinajstić information content (AvgIpc) is 3.05. The number of hydrogen-bond donors (Lipinski definition) is 1. The van der Waals surface area contributed by atoms with Crippen molar-refractivity contribution in [3.63, 3.8) is 0 Å². The molecular formula is C20H30N4O. The van der Waals surface area contributed by atoms with E-state index in [1.165, 1.54) is 70.4 Å². The van der Waals surface area contributed by atoms with E-state index in [0.717, 1.165) is 25.0 Å². The molecule has 0 unspecified atom stereocenters. The zero-order valence-corrected chi connectivity index (χ0v) is 15.1. The van der Waals surface area contributed by atoms with E-state index in [9.17, 15) is 0 Å². The molecule has 5 nitrogen and oxygen atoms in total. The summed E-state index contributed by atoms with van der Waals surface area (Å²) < 4.78 is 6.14. The molecule has 1 aromatic heterocycles. The van der Waals surface area contributed by atoms with Crippen molar-refractivity contribution in [3.05, 3.63) is 18.3 Å². The summed E-state index contributed by atoms with van der Waals surface area (Å²) in [5.41, 5.74) is 1.84. The van der Waals surface area contributed by atoms with Crippen molar-refractivity contribution < 1.29 is 4.74 Å². The third-order valence-electron chi connectivity index (χ3n) is 6.93. The minimum atomic E-state index is 0.390. The predicted octanol–water partition coefficient (Wildman–Crippen LogP) is 2.28. The molecule has 2 saturated carbocycles. The smallest absolute Gasteiger partial charge is 0.237 e. The maximum absolute atomic E-state index is 6.14. The van der Waals surface area contributed by atoms with Gasteiger partial charge in [0.05, 0.1) is 5.69 Å². The Kier molecular flexibility index (Phi) is 4.09. The number of ether oxygens (including phenoxy) is 1. The topological polar surface area (TPSA) is 40.6 Å². The van der Waals surface area contributed by atoms with Crippen LogP contribution in [0.4, 0.5) is 5.69 Å². The first-order valence-corrected chi connectivity index (χ1v) is 10.1. The van der Waals surface area contributed by atoms with Crippen LogP contribution in [0, 0.1) is 5.41 Å². The highest BCUT2D eigenvalue weighted by Crippen LogP contribution is 2.43. The summed E-state index contributed by atoms with van der Waals surface area (Å²) in [5.74, 6) is 0.848. The fourth-order valence-corrected chi connectivity index (χ4v) is 4.98. The summed E-state index contributed by atoms with van der Waals surface area (Å²) in [4.78, 5) is 9.75. The number of aromatic nitrogens is 1. The first-order valence-electron chi connectivity index (χ1n) is 10.1. The van der Waals surface area contributed by atoms with Crippen LogP contribution in [0.2, 0.25) is 0 Å². The van der Waals surface area contributed by atoms with Crippen molar-refractivity contribution in [2.75, 3.05) is 44.2 Å². The second-order valence-electron chi connectivity index (χ2n) is 8.52. The Labute approximate surface area is 150 Å². The molecule has 0 amide bonds. The van der Waals surface area contributed by atoms with Gasteiger partial charge in [-0.15, -0.1) is 0 Å². The standard InChI is InChI=1S/C20H30N4O/c1-3-17(4-1)25-19-18(5-2-8-22-19)24-11-9-23(10-12-24)16-6-7-20(13-16)14-21-15-20/h2,5,8,16-17,21H,1,3-4,6-7,9-15H2/t16-/m1/s1. The zero-order chi connectivity index (χ0) is 16.7. The van der Waals surface area contributed by atoms with Crippen molar-refractivity contribution in [2.24, 2.45) is 5.41 Å². The van der Waals surface area contributed by atoms with E-state index in [2.05, 4.69) is 26.2 Å². The summed E-state index contributed by atoms with van der Waals surface area (Å²) in [6, 6.07) is 5.03. The molecular weight excluding hydrogens is 312 g/mol. The van der Waals surface area contributed by atoms with Gasteiger partial charge < -0.3 is 15.0 Å². The van der Waals surface area contributed by atoms with Gasteiger partial charge in [0.15, 0.2) is 0 Å². The molecule has 1 N–H and O–H groups in total. The van der Waals surface area contributed by atoms with Crippen LogP contribution in [0.25, 0.3) is 0 Å². The van der Waals surface area contributed by atoms with Crippen LogP contribution in [0.15, 0.2) is 18.3 Å². The number of pyridine rings is 1. The molecule has 25 heavy (non-hydrogen) atoms. The largest absolute Gasteiger partial charge is 0.473 e. The highest BCUT2D eigenvalue weighted by Gasteiger charge is 2.45. The van der Waals surface area contributed by atoms with Crippen LogP contribution in [-0.4, -0.2) is 61.3 Å². The number of anilines is 1. The van der Waals surface area contributed by atoms with Crippen LogP contribution < -0.4 is 15.0 Å². The number of piperazine rings is 1. The monoisotopic (exact) mass is 342 g/mol. The van der Waals surface area contributed by atoms with E-state index < -0.39 is 0 Å². The SMILES string of the molecule is c1cnc(OC2CCC2)c(N2CCN([C@@H]3CCC4(CNC4)C3)CC2)c1. The van der Waals surface area contributed by atoms with Crippen molar-refractivity contribution in [3.8, 4) is 5.88 Å². The van der Waals surface area contributed by atoms with Gasteiger partial charge in [-0.3, -0.25) is 4.90 Å². The lowest BCUT2D eigenvalue weighted by Gasteiger charge is -2.42. The van der Waals surface area contributed by atoms with Gasteiger partial charge in [-0.1, -0.05) is 0 Å². The van der Waals surface area contributed by atoms with E-state index in [1.807, 2.05) is 12.3 Å². The molecule has 1 spiro atoms. The molecule has 1 atom stereocenters. The fraction of sp³-hybridized carbons (Fsp3) is 0.750. The van der Waals surface area contributed by atoms with Crippen LogP contribution in [-0.2, 0) is 0 Å². The van der Waals surface area contributed by atoms with Gasteiger partial charge in [0.25, 0.3) is 0 Å². The Bertz CT molecular complexity index is 605. The van der Waals surface area contributed by atoms with Crippen LogP contribution in [0.5, 0.6) is 5.88 Å². The lowest BCUT2D eigenvalue weighted by Crippen LogP contribution is -2.54. The van der Waals surface area contributed by atoms with Gasteiger partial charge in [-0.25, -0.2) is 4.98 Å². The molecule has 1 aromatic rings. The number of hydrogen-bond acceptors (Lipinski definition) is 5. The first kappa shape index (κ1) is 15.9. The van der Waals surface area contributed by atoms with E-state index >= 15 is 0 Å². The van der Waals surface area contributed by atoms with Gasteiger partial charge in [-0.2, -0.15) is 0 Å². The maximum Gasteiger partial charge on any atom is 0.237 e. The summed E-state index contributed by atoms with van der Waals surface area (Å²) in [5, 5.41) is 3.48. The lowest BCUT2D eigenvalue weighted by atomic mass is 9.80. The van der Waals surface area contributed by atoms with Crippen LogP contribution in [0.3, 0.4) is 0 Å². The lowest BCUT2D eigenvalue weighted by molar-refractivity contribution is 0.114. The molecule has 5 rings (SSSR count). The third kappa shape index (κ3) is 3.02. The minimum Gasteiger partial charge on any atom is -0.473 e. The van der Waals surface area contributed by atoms with Crippen molar-refractivity contribution in [1.29, 1.82) is 0 Å². The van der Waals surface area contributed by atoms with E-state index in [4.69, 9.17) is 4.74 Å².